The second kappa shape index (κ2) is 8.97. The maximum atomic E-state index is 12.6. The maximum absolute atomic E-state index is 12.6. The van der Waals surface area contributed by atoms with Crippen LogP contribution in [-0.2, 0) is 24.2 Å². The summed E-state index contributed by atoms with van der Waals surface area (Å²) in [5.41, 5.74) is 2.19. The van der Waals surface area contributed by atoms with E-state index in [1.165, 1.54) is 18.9 Å². The number of amides is 1. The molecule has 0 radical (unpaired) electrons. The highest BCUT2D eigenvalue weighted by Crippen LogP contribution is 2.31. The highest BCUT2D eigenvalue weighted by atomic mass is 35.5. The van der Waals surface area contributed by atoms with Gasteiger partial charge in [-0.15, -0.1) is 0 Å². The molecule has 3 aromatic rings. The first-order valence-corrected chi connectivity index (χ1v) is 10.8. The number of carbonyl (C=O) groups excluding carboxylic acids is 1. The lowest BCUT2D eigenvalue weighted by Crippen LogP contribution is -2.28. The highest BCUT2D eigenvalue weighted by molar-refractivity contribution is 8.00. The van der Waals surface area contributed by atoms with Crippen molar-refractivity contribution >= 4 is 35.0 Å². The number of fused-ring (bicyclic) bond motifs is 1. The van der Waals surface area contributed by atoms with Crippen molar-refractivity contribution in [2.75, 3.05) is 18.2 Å². The van der Waals surface area contributed by atoms with E-state index in [-0.39, 0.29) is 17.3 Å². The lowest BCUT2D eigenvalue weighted by atomic mass is 10.2. The number of aromatic nitrogens is 2. The normalized spacial score (nSPS) is 12.6. The first kappa shape index (κ1) is 20.6. The number of furan rings is 1. The summed E-state index contributed by atoms with van der Waals surface area (Å²) in [7, 11) is 1.53. The molecule has 0 saturated carbocycles. The van der Waals surface area contributed by atoms with Crippen LogP contribution in [0.1, 0.15) is 23.4 Å². The molecule has 30 heavy (non-hydrogen) atoms. The van der Waals surface area contributed by atoms with Gasteiger partial charge in [-0.1, -0.05) is 23.4 Å². The number of carbonyl (C=O) groups is 1. The Morgan fingerprint density at radius 1 is 1.37 bits per heavy atom. The van der Waals surface area contributed by atoms with Crippen molar-refractivity contribution in [3.8, 4) is 5.75 Å². The Morgan fingerprint density at radius 2 is 2.23 bits per heavy atom. The fourth-order valence-electron chi connectivity index (χ4n) is 3.53. The third kappa shape index (κ3) is 4.39. The average molecular weight is 446 g/mol. The molecular weight excluding hydrogens is 426 g/mol. The highest BCUT2D eigenvalue weighted by Gasteiger charge is 2.23. The number of nitrogens with zero attached hydrogens (tertiary/aromatic N) is 2. The molecule has 2 heterocycles. The third-order valence-corrected chi connectivity index (χ3v) is 6.12. The fraction of sp³-hybridized carbons (Fsp3) is 0.286. The van der Waals surface area contributed by atoms with Crippen LogP contribution in [0.2, 0.25) is 5.02 Å². The van der Waals surface area contributed by atoms with Crippen molar-refractivity contribution in [3.05, 3.63) is 69.1 Å². The van der Waals surface area contributed by atoms with Crippen molar-refractivity contribution in [2.24, 2.45) is 0 Å². The van der Waals surface area contributed by atoms with Crippen LogP contribution in [-0.4, -0.2) is 28.3 Å². The second-order valence-electron chi connectivity index (χ2n) is 6.83. The molecule has 1 N–H and O–H groups in total. The van der Waals surface area contributed by atoms with Gasteiger partial charge in [-0.05, 0) is 49.6 Å². The monoisotopic (exact) mass is 445 g/mol. The molecule has 0 atom stereocenters. The van der Waals surface area contributed by atoms with Gasteiger partial charge in [0, 0.05) is 16.3 Å². The molecule has 9 heteroatoms. The van der Waals surface area contributed by atoms with E-state index in [1.54, 1.807) is 35.1 Å². The number of hydrogen-bond acceptors (Lipinski definition) is 6. The van der Waals surface area contributed by atoms with Crippen molar-refractivity contribution in [2.45, 2.75) is 30.8 Å². The van der Waals surface area contributed by atoms with E-state index in [0.717, 1.165) is 30.5 Å². The molecule has 0 saturated heterocycles. The van der Waals surface area contributed by atoms with Gasteiger partial charge in [0.1, 0.15) is 16.5 Å². The van der Waals surface area contributed by atoms with Gasteiger partial charge < -0.3 is 14.5 Å². The summed E-state index contributed by atoms with van der Waals surface area (Å²) in [6, 6.07) is 8.65. The summed E-state index contributed by atoms with van der Waals surface area (Å²) in [4.78, 5) is 29.4. The van der Waals surface area contributed by atoms with Crippen molar-refractivity contribution in [1.29, 1.82) is 0 Å². The first-order valence-electron chi connectivity index (χ1n) is 9.46. The minimum absolute atomic E-state index is 0.122. The lowest BCUT2D eigenvalue weighted by Gasteiger charge is -2.14. The molecule has 0 spiro atoms. The molecular formula is C21H20ClN3O4S. The van der Waals surface area contributed by atoms with Gasteiger partial charge in [0.05, 0.1) is 31.4 Å². The quantitative estimate of drug-likeness (QED) is 0.440. The molecule has 7 nitrogen and oxygen atoms in total. The SMILES string of the molecule is COc1ccc(Cl)cc1NC(=O)CSc1nc(=O)n(Cc2ccco2)c2c1CCC2. The Bertz CT molecular complexity index is 1130. The Morgan fingerprint density at radius 3 is 3.00 bits per heavy atom. The summed E-state index contributed by atoms with van der Waals surface area (Å²) in [6.07, 6.45) is 4.20. The lowest BCUT2D eigenvalue weighted by molar-refractivity contribution is -0.113. The zero-order valence-corrected chi connectivity index (χ0v) is 17.9. The minimum Gasteiger partial charge on any atom is -0.495 e. The Labute approximate surface area is 182 Å². The van der Waals surface area contributed by atoms with E-state index in [1.807, 2.05) is 6.07 Å². The molecule has 1 aliphatic rings. The zero-order chi connectivity index (χ0) is 21.1. The summed E-state index contributed by atoms with van der Waals surface area (Å²) in [6.45, 7) is 0.362. The number of benzene rings is 1. The number of methoxy groups -OCH3 is 1. The van der Waals surface area contributed by atoms with E-state index in [9.17, 15) is 9.59 Å². The van der Waals surface area contributed by atoms with E-state index < -0.39 is 0 Å². The molecule has 0 bridgehead atoms. The minimum atomic E-state index is -0.327. The first-order chi connectivity index (χ1) is 14.5. The van der Waals surface area contributed by atoms with Crippen LogP contribution in [0.15, 0.2) is 50.8 Å². The number of nitrogens with one attached hydrogen (secondary N) is 1. The summed E-state index contributed by atoms with van der Waals surface area (Å²) >= 11 is 7.28. The smallest absolute Gasteiger partial charge is 0.349 e. The molecule has 1 aliphatic carbocycles. The van der Waals surface area contributed by atoms with Crippen LogP contribution in [0.3, 0.4) is 0 Å². The zero-order valence-electron chi connectivity index (χ0n) is 16.3. The Kier molecular flexibility index (Phi) is 6.15. The molecule has 1 amide bonds. The van der Waals surface area contributed by atoms with Crippen LogP contribution >= 0.6 is 23.4 Å². The maximum Gasteiger partial charge on any atom is 0.349 e. The largest absolute Gasteiger partial charge is 0.495 e. The Hall–Kier alpha value is -2.71. The third-order valence-electron chi connectivity index (χ3n) is 4.87. The van der Waals surface area contributed by atoms with Crippen LogP contribution < -0.4 is 15.7 Å². The van der Waals surface area contributed by atoms with Gasteiger partial charge in [0.15, 0.2) is 0 Å². The van der Waals surface area contributed by atoms with Crippen LogP contribution in [0, 0.1) is 0 Å². The number of rotatable bonds is 7. The molecule has 1 aromatic carbocycles. The molecule has 0 fully saturated rings. The summed E-state index contributed by atoms with van der Waals surface area (Å²) in [5, 5.41) is 3.92. The van der Waals surface area contributed by atoms with E-state index >= 15 is 0 Å². The average Bonchev–Trinajstić information content (AvgIpc) is 3.41. The van der Waals surface area contributed by atoms with Gasteiger partial charge in [-0.3, -0.25) is 9.36 Å². The summed E-state index contributed by atoms with van der Waals surface area (Å²) in [5.74, 6) is 1.13. The van der Waals surface area contributed by atoms with Crippen LogP contribution in [0.4, 0.5) is 5.69 Å². The van der Waals surface area contributed by atoms with Crippen LogP contribution in [0.5, 0.6) is 5.75 Å². The Balaban J connectivity index is 1.50. The van der Waals surface area contributed by atoms with Gasteiger partial charge in [-0.25, -0.2) is 4.79 Å². The number of hydrogen-bond donors (Lipinski definition) is 1. The topological polar surface area (TPSA) is 86.4 Å². The predicted molar refractivity (Wildman–Crippen MR) is 116 cm³/mol. The van der Waals surface area contributed by atoms with Crippen molar-refractivity contribution in [1.82, 2.24) is 9.55 Å². The van der Waals surface area contributed by atoms with Crippen molar-refractivity contribution in [3.63, 3.8) is 0 Å². The molecule has 0 aliphatic heterocycles. The number of ether oxygens (including phenoxy) is 1. The van der Waals surface area contributed by atoms with Gasteiger partial charge in [0.2, 0.25) is 5.91 Å². The predicted octanol–water partition coefficient (Wildman–Crippen LogP) is 3.77. The fourth-order valence-corrected chi connectivity index (χ4v) is 4.57. The summed E-state index contributed by atoms with van der Waals surface area (Å²) < 4.78 is 12.3. The van der Waals surface area contributed by atoms with Crippen molar-refractivity contribution < 1.29 is 13.9 Å². The second-order valence-corrected chi connectivity index (χ2v) is 8.23. The number of thioether (sulfide) groups is 1. The van der Waals surface area contributed by atoms with Gasteiger partial charge in [-0.2, -0.15) is 4.98 Å². The molecule has 4 rings (SSSR count). The number of anilines is 1. The van der Waals surface area contributed by atoms with E-state index in [4.69, 9.17) is 20.8 Å². The molecule has 156 valence electrons. The molecule has 0 unspecified atom stereocenters. The van der Waals surface area contributed by atoms with E-state index in [2.05, 4.69) is 10.3 Å². The van der Waals surface area contributed by atoms with E-state index in [0.29, 0.717) is 33.8 Å². The van der Waals surface area contributed by atoms with Gasteiger partial charge >= 0.3 is 5.69 Å². The van der Waals surface area contributed by atoms with Gasteiger partial charge in [0.25, 0.3) is 0 Å². The van der Waals surface area contributed by atoms with Crippen LogP contribution in [0.25, 0.3) is 0 Å². The molecule has 2 aromatic heterocycles. The standard InChI is InChI=1S/C21H20ClN3O4S/c1-28-18-8-7-13(22)10-16(18)23-19(26)12-30-20-15-5-2-6-17(15)25(21(27)24-20)11-14-4-3-9-29-14/h3-4,7-10H,2,5-6,11-12H2,1H3,(H,23,26). The number of halogens is 1.